The second-order valence-electron chi connectivity index (χ2n) is 0.508. The molecule has 1 heterocycles. The highest BCUT2D eigenvalue weighted by molar-refractivity contribution is 7.14. The Bertz CT molecular complexity index is 64.6. The molecule has 4 heteroatoms. The average molecular weight is 78.0 g/mol. The van der Waals surface area contributed by atoms with E-state index in [0.717, 1.165) is 0 Å². The van der Waals surface area contributed by atoms with Crippen molar-refractivity contribution in [2.45, 2.75) is 0 Å². The standard InChI is InChI=1S/H3N2OP/c4-2-1-3-2/h1H,4H2. The van der Waals surface area contributed by atoms with Gasteiger partial charge in [-0.1, -0.05) is 4.62 Å². The Morgan fingerprint density at radius 2 is 2.25 bits per heavy atom. The van der Waals surface area contributed by atoms with Crippen LogP contribution in [0.5, 0.6) is 0 Å². The van der Waals surface area contributed by atoms with Crippen LogP contribution in [0.25, 0.3) is 0 Å². The fraction of sp³-hybridized carbons (Fsp3) is 0. The van der Waals surface area contributed by atoms with E-state index in [0.29, 0.717) is 0 Å². The summed E-state index contributed by atoms with van der Waals surface area (Å²) in [4.78, 5) is 0. The van der Waals surface area contributed by atoms with Crippen LogP contribution in [0, 0.1) is 0 Å². The highest BCUT2D eigenvalue weighted by atomic mass is 31.0. The molecule has 4 heavy (non-hydrogen) atoms. The molecule has 1 aromatic heterocycles. The predicted molar refractivity (Wildman–Crippen MR) is 16.2 cm³/mol. The third kappa shape index (κ3) is 0.157. The first kappa shape index (κ1) is 2.09. The number of rotatable bonds is 0. The van der Waals surface area contributed by atoms with Crippen LogP contribution in [0.3, 0.4) is 0 Å². The van der Waals surface area contributed by atoms with Gasteiger partial charge in [-0.2, -0.15) is 0 Å². The maximum absolute atomic E-state index is 4.25. The minimum atomic E-state index is 1.42. The molecule has 0 aliphatic heterocycles. The van der Waals surface area contributed by atoms with Crippen molar-refractivity contribution in [1.29, 1.82) is 0 Å². The lowest BCUT2D eigenvalue weighted by molar-refractivity contribution is 0.526. The summed E-state index contributed by atoms with van der Waals surface area (Å²) in [5.41, 5.74) is 0. The van der Waals surface area contributed by atoms with Gasteiger partial charge in [-0.05, 0) is 0 Å². The lowest BCUT2D eigenvalue weighted by atomic mass is 13.2. The lowest BCUT2D eigenvalue weighted by Crippen LogP contribution is -1.42. The summed E-state index contributed by atoms with van der Waals surface area (Å²) in [5.74, 6) is 0. The Kier molecular flexibility index (Phi) is 0.212. The second kappa shape index (κ2) is 0.406. The summed E-state index contributed by atoms with van der Waals surface area (Å²) < 4.78 is 5.67. The number of hydrogen-bond acceptors (Lipinski definition) is 1. The molecule has 1 aromatic rings. The number of nitrogens with zero attached hydrogens (tertiary/aromatic N) is 1. The molecule has 0 bridgehead atoms. The molecule has 0 amide bonds. The van der Waals surface area contributed by atoms with Crippen molar-refractivity contribution < 1.29 is 4.63 Å². The molecule has 1 rings (SSSR count). The largest absolute Gasteiger partial charge is 0.254 e. The van der Waals surface area contributed by atoms with Crippen molar-refractivity contribution in [1.82, 2.24) is 9.90 Å². The molecule has 24 valence electrons. The molecular formula is H3N2OP. The number of aromatic amines is 1. The Hall–Kier alpha value is -0.170. The fourth-order valence-corrected chi connectivity index (χ4v) is 0.0707. The summed E-state index contributed by atoms with van der Waals surface area (Å²) in [7, 11) is 2.27. The number of aromatic nitrogens is 2. The lowest BCUT2D eigenvalue weighted by Gasteiger charge is -1.42. The topological polar surface area (TPSA) is 33.9 Å². The zero-order valence-electron chi connectivity index (χ0n) is 1.93. The predicted octanol–water partition coefficient (Wildman–Crippen LogP) is 0.0474. The minimum absolute atomic E-state index is 1.42. The first-order chi connectivity index (χ1) is 1.89. The SMILES string of the molecule is Pn1[nH]o1. The van der Waals surface area contributed by atoms with Crippen molar-refractivity contribution in [2.24, 2.45) is 0 Å². The molecule has 1 N–H and O–H groups in total. The third-order valence-corrected chi connectivity index (χ3v) is 0.408. The van der Waals surface area contributed by atoms with Gasteiger partial charge in [-0.3, -0.25) is 4.63 Å². The van der Waals surface area contributed by atoms with E-state index >= 15 is 0 Å². The van der Waals surface area contributed by atoms with E-state index in [1.807, 2.05) is 0 Å². The van der Waals surface area contributed by atoms with E-state index in [2.05, 4.69) is 19.3 Å². The van der Waals surface area contributed by atoms with Crippen LogP contribution in [-0.4, -0.2) is 9.90 Å². The Morgan fingerprint density at radius 1 is 2.00 bits per heavy atom. The van der Waals surface area contributed by atoms with Crippen molar-refractivity contribution >= 4 is 9.39 Å². The molecule has 0 saturated heterocycles. The molecule has 0 saturated carbocycles. The molecule has 1 unspecified atom stereocenters. The van der Waals surface area contributed by atoms with E-state index in [1.165, 1.54) is 4.62 Å². The van der Waals surface area contributed by atoms with E-state index < -0.39 is 0 Å². The van der Waals surface area contributed by atoms with Crippen LogP contribution in [0.1, 0.15) is 0 Å². The smallest absolute Gasteiger partial charge is 0.0329 e. The molecule has 3 nitrogen and oxygen atoms in total. The maximum atomic E-state index is 4.25. The van der Waals surface area contributed by atoms with Gasteiger partial charge in [0.2, 0.25) is 0 Å². The monoisotopic (exact) mass is 78.0 g/mol. The van der Waals surface area contributed by atoms with Gasteiger partial charge in [0.15, 0.2) is 0 Å². The van der Waals surface area contributed by atoms with Crippen LogP contribution in [0.15, 0.2) is 4.63 Å². The van der Waals surface area contributed by atoms with E-state index in [9.17, 15) is 0 Å². The highest BCUT2D eigenvalue weighted by Crippen LogP contribution is 1.87. The Morgan fingerprint density at radius 3 is 2.25 bits per heavy atom. The fourth-order valence-electron chi connectivity index (χ4n) is 0.0236. The van der Waals surface area contributed by atoms with Gasteiger partial charge in [0.1, 0.15) is 0 Å². The van der Waals surface area contributed by atoms with Crippen molar-refractivity contribution in [3.63, 3.8) is 0 Å². The summed E-state index contributed by atoms with van der Waals surface area (Å²) >= 11 is 0. The summed E-state index contributed by atoms with van der Waals surface area (Å²) in [6, 6.07) is 0. The second-order valence-corrected chi connectivity index (χ2v) is 0.977. The highest BCUT2D eigenvalue weighted by Gasteiger charge is 1.73. The van der Waals surface area contributed by atoms with Crippen LogP contribution in [0.4, 0.5) is 0 Å². The molecular weight excluding hydrogens is 75.0 g/mol. The average Bonchev–Trinajstić information content (AvgIpc) is 1.75. The first-order valence-corrected chi connectivity index (χ1v) is 1.38. The molecule has 0 aliphatic carbocycles. The van der Waals surface area contributed by atoms with Gasteiger partial charge in [-0.15, -0.1) is 5.27 Å². The third-order valence-electron chi connectivity index (χ3n) is 0.197. The minimum Gasteiger partial charge on any atom is -0.254 e. The molecule has 0 radical (unpaired) electrons. The normalized spacial score (nSPS) is 9.25. The molecule has 0 aliphatic rings. The van der Waals surface area contributed by atoms with Gasteiger partial charge >= 0.3 is 0 Å². The summed E-state index contributed by atoms with van der Waals surface area (Å²) in [6.45, 7) is 0. The zero-order valence-corrected chi connectivity index (χ0v) is 3.09. The summed E-state index contributed by atoms with van der Waals surface area (Å²) in [6.07, 6.45) is 0. The van der Waals surface area contributed by atoms with Crippen molar-refractivity contribution in [3.05, 3.63) is 0 Å². The van der Waals surface area contributed by atoms with Gasteiger partial charge in [0, 0.05) is 9.39 Å². The van der Waals surface area contributed by atoms with Crippen molar-refractivity contribution in [3.8, 4) is 0 Å². The van der Waals surface area contributed by atoms with E-state index in [4.69, 9.17) is 0 Å². The number of hydrogen-bond donors (Lipinski definition) is 1. The zero-order chi connectivity index (χ0) is 2.99. The molecule has 0 fully saturated rings. The van der Waals surface area contributed by atoms with Crippen LogP contribution in [-0.2, 0) is 0 Å². The van der Waals surface area contributed by atoms with Gasteiger partial charge in [0.05, 0.1) is 0 Å². The Labute approximate surface area is 25.1 Å². The molecule has 1 atom stereocenters. The van der Waals surface area contributed by atoms with Crippen LogP contribution in [0.2, 0.25) is 0 Å². The van der Waals surface area contributed by atoms with E-state index in [1.54, 1.807) is 0 Å². The van der Waals surface area contributed by atoms with Crippen LogP contribution >= 0.6 is 9.39 Å². The molecule has 0 aromatic carbocycles. The molecule has 0 spiro atoms. The number of H-pyrrole nitrogens is 1. The maximum Gasteiger partial charge on any atom is 0.0329 e. The van der Waals surface area contributed by atoms with E-state index in [-0.39, 0.29) is 0 Å². The quantitative estimate of drug-likeness (QED) is 0.437. The van der Waals surface area contributed by atoms with Gasteiger partial charge in [-0.25, -0.2) is 0 Å². The van der Waals surface area contributed by atoms with Crippen LogP contribution < -0.4 is 0 Å². The summed E-state index contributed by atoms with van der Waals surface area (Å²) in [5, 5.41) is 2.39. The van der Waals surface area contributed by atoms with Gasteiger partial charge in [0.25, 0.3) is 0 Å². The Balaban J connectivity index is 2.81. The first-order valence-electron chi connectivity index (χ1n) is 0.869. The van der Waals surface area contributed by atoms with Crippen molar-refractivity contribution in [2.75, 3.05) is 0 Å². The van der Waals surface area contributed by atoms with Gasteiger partial charge < -0.3 is 0 Å². The number of nitrogens with one attached hydrogen (secondary N) is 1.